The van der Waals surface area contributed by atoms with Gasteiger partial charge in [0.05, 0.1) is 17.9 Å². The van der Waals surface area contributed by atoms with Gasteiger partial charge in [-0.1, -0.05) is 74.8 Å². The molecule has 2 amide bonds. The third kappa shape index (κ3) is 8.01. The molecule has 2 aromatic heterocycles. The number of nitrogens with one attached hydrogen (secondary N) is 2. The van der Waals surface area contributed by atoms with Crippen molar-refractivity contribution >= 4 is 35.2 Å². The van der Waals surface area contributed by atoms with Crippen molar-refractivity contribution in [3.8, 4) is 17.2 Å². The zero-order valence-electron chi connectivity index (χ0n) is 27.0. The zero-order chi connectivity index (χ0) is 33.7. The number of pyridine rings is 1. The van der Waals surface area contributed by atoms with Gasteiger partial charge in [-0.3, -0.25) is 10.1 Å². The van der Waals surface area contributed by atoms with Gasteiger partial charge in [0.15, 0.2) is 0 Å². The second kappa shape index (κ2) is 14.4. The molecule has 0 aliphatic heterocycles. The summed E-state index contributed by atoms with van der Waals surface area (Å²) >= 11 is 8.18. The highest BCUT2D eigenvalue weighted by atomic mass is 35.5. The predicted molar refractivity (Wildman–Crippen MR) is 188 cm³/mol. The Labute approximate surface area is 283 Å². The minimum absolute atomic E-state index is 0.0204. The van der Waals surface area contributed by atoms with E-state index in [1.54, 1.807) is 51.3 Å². The molecule has 9 nitrogen and oxygen atoms in total. The Hall–Kier alpha value is -4.67. The first-order valence-electron chi connectivity index (χ1n) is 15.1. The molecule has 0 atom stereocenters. The second-order valence-corrected chi connectivity index (χ2v) is 13.4. The van der Waals surface area contributed by atoms with E-state index < -0.39 is 6.03 Å². The topological polar surface area (TPSA) is 110 Å². The Balaban J connectivity index is 1.27. The number of phenolic OH excluding ortho intramolecular Hbond substituents is 1. The monoisotopic (exact) mass is 671 g/mol. The summed E-state index contributed by atoms with van der Waals surface area (Å²) in [6.07, 6.45) is 2.01. The molecule has 0 aliphatic rings. The van der Waals surface area contributed by atoms with Crippen LogP contribution in [-0.4, -0.2) is 31.7 Å². The molecular formula is C36H38ClN5O4S. The molecule has 0 spiro atoms. The summed E-state index contributed by atoms with van der Waals surface area (Å²) in [7, 11) is 0. The van der Waals surface area contributed by atoms with Crippen LogP contribution < -0.4 is 20.9 Å². The first-order chi connectivity index (χ1) is 22.4. The van der Waals surface area contributed by atoms with Gasteiger partial charge in [-0.25, -0.2) is 9.48 Å². The van der Waals surface area contributed by atoms with E-state index in [2.05, 4.69) is 10.6 Å². The molecule has 5 aromatic rings. The van der Waals surface area contributed by atoms with Crippen LogP contribution in [0.15, 0.2) is 94.6 Å². The summed E-state index contributed by atoms with van der Waals surface area (Å²) in [4.78, 5) is 27.5. The Bertz CT molecular complexity index is 1950. The van der Waals surface area contributed by atoms with Crippen LogP contribution in [0.2, 0.25) is 5.02 Å². The van der Waals surface area contributed by atoms with Crippen molar-refractivity contribution in [1.82, 2.24) is 19.7 Å². The molecule has 11 heteroatoms. The number of aromatic hydroxyl groups is 1. The number of anilines is 1. The van der Waals surface area contributed by atoms with E-state index in [1.165, 1.54) is 0 Å². The maximum Gasteiger partial charge on any atom is 0.320 e. The van der Waals surface area contributed by atoms with Gasteiger partial charge in [-0.15, -0.1) is 11.8 Å². The standard InChI is InChI=1S/C36H38ClN5O4S/c1-23-18-29(33(37)34(44)41(23)21-25-11-8-9-13-30(25)47-5)46-22-26-12-7-6-10-24(26)20-38-35(45)39-32-19-31(36(2,3)4)40-42(32)27-14-16-28(43)17-15-27/h6-19,43H,20-22H2,1-5H3,(H2,38,39,45). The maximum absolute atomic E-state index is 13.3. The van der Waals surface area contributed by atoms with E-state index >= 15 is 0 Å². The molecule has 0 fully saturated rings. The summed E-state index contributed by atoms with van der Waals surface area (Å²) < 4.78 is 9.37. The fourth-order valence-corrected chi connectivity index (χ4v) is 5.83. The number of carbonyl (C=O) groups is 1. The van der Waals surface area contributed by atoms with E-state index in [0.29, 0.717) is 23.8 Å². The number of carbonyl (C=O) groups excluding carboxylic acids is 1. The van der Waals surface area contributed by atoms with Crippen molar-refractivity contribution < 1.29 is 14.6 Å². The average Bonchev–Trinajstić information content (AvgIpc) is 3.48. The van der Waals surface area contributed by atoms with Crippen LogP contribution in [-0.2, 0) is 25.1 Å². The van der Waals surface area contributed by atoms with Gasteiger partial charge in [0.2, 0.25) is 0 Å². The van der Waals surface area contributed by atoms with Gasteiger partial charge in [0.1, 0.15) is 28.9 Å². The minimum Gasteiger partial charge on any atom is -0.508 e. The van der Waals surface area contributed by atoms with Gasteiger partial charge in [0, 0.05) is 34.7 Å². The zero-order valence-corrected chi connectivity index (χ0v) is 28.6. The molecule has 0 bridgehead atoms. The molecule has 0 saturated heterocycles. The quantitative estimate of drug-likeness (QED) is 0.132. The number of nitrogens with zero attached hydrogens (tertiary/aromatic N) is 3. The molecule has 3 N–H and O–H groups in total. The average molecular weight is 672 g/mol. The number of hydrogen-bond acceptors (Lipinski definition) is 6. The number of phenols is 1. The molecule has 0 unspecified atom stereocenters. The lowest BCUT2D eigenvalue weighted by Crippen LogP contribution is -2.29. The van der Waals surface area contributed by atoms with Gasteiger partial charge in [0.25, 0.3) is 5.56 Å². The Morgan fingerprint density at radius 1 is 0.979 bits per heavy atom. The fraction of sp³-hybridized carbons (Fsp3) is 0.250. The summed E-state index contributed by atoms with van der Waals surface area (Å²) in [5.74, 6) is 0.939. The van der Waals surface area contributed by atoms with Crippen LogP contribution in [0.3, 0.4) is 0 Å². The van der Waals surface area contributed by atoms with Crippen LogP contribution in [0.5, 0.6) is 11.5 Å². The third-order valence-electron chi connectivity index (χ3n) is 7.69. The van der Waals surface area contributed by atoms with Crippen molar-refractivity contribution in [2.24, 2.45) is 0 Å². The van der Waals surface area contributed by atoms with Crippen LogP contribution in [0.4, 0.5) is 10.6 Å². The van der Waals surface area contributed by atoms with Gasteiger partial charge in [-0.05, 0) is 60.2 Å². The van der Waals surface area contributed by atoms with E-state index in [1.807, 2.05) is 88.5 Å². The summed E-state index contributed by atoms with van der Waals surface area (Å²) in [5, 5.41) is 20.3. The first-order valence-corrected chi connectivity index (χ1v) is 16.7. The van der Waals surface area contributed by atoms with Crippen LogP contribution in [0.25, 0.3) is 5.69 Å². The highest BCUT2D eigenvalue weighted by Crippen LogP contribution is 2.28. The number of aromatic nitrogens is 3. The number of rotatable bonds is 10. The Kier molecular flexibility index (Phi) is 10.3. The number of aryl methyl sites for hydroxylation is 1. The molecule has 3 aromatic carbocycles. The van der Waals surface area contributed by atoms with Gasteiger partial charge < -0.3 is 19.7 Å². The minimum atomic E-state index is -0.411. The van der Waals surface area contributed by atoms with Crippen LogP contribution in [0, 0.1) is 6.92 Å². The van der Waals surface area contributed by atoms with E-state index in [4.69, 9.17) is 21.4 Å². The molecule has 244 valence electrons. The van der Waals surface area contributed by atoms with Crippen molar-refractivity contribution in [2.45, 2.75) is 57.7 Å². The lowest BCUT2D eigenvalue weighted by atomic mass is 9.92. The molecule has 47 heavy (non-hydrogen) atoms. The number of thioether (sulfide) groups is 1. The number of amides is 2. The lowest BCUT2D eigenvalue weighted by Gasteiger charge is -2.17. The highest BCUT2D eigenvalue weighted by Gasteiger charge is 2.22. The highest BCUT2D eigenvalue weighted by molar-refractivity contribution is 7.98. The van der Waals surface area contributed by atoms with Crippen LogP contribution >= 0.6 is 23.4 Å². The first kappa shape index (κ1) is 33.7. The molecular weight excluding hydrogens is 634 g/mol. The van der Waals surface area contributed by atoms with E-state index in [0.717, 1.165) is 33.0 Å². The Morgan fingerprint density at radius 3 is 2.32 bits per heavy atom. The fourth-order valence-electron chi connectivity index (χ4n) is 5.01. The number of hydrogen-bond donors (Lipinski definition) is 3. The van der Waals surface area contributed by atoms with Crippen molar-refractivity contribution in [2.75, 3.05) is 11.6 Å². The molecule has 0 aliphatic carbocycles. The maximum atomic E-state index is 13.3. The molecule has 0 saturated carbocycles. The number of urea groups is 1. The summed E-state index contributed by atoms with van der Waals surface area (Å²) in [5.41, 5.74) is 4.39. The third-order valence-corrected chi connectivity index (χ3v) is 8.88. The summed E-state index contributed by atoms with van der Waals surface area (Å²) in [6, 6.07) is 25.4. The molecule has 5 rings (SSSR count). The second-order valence-electron chi connectivity index (χ2n) is 12.1. The van der Waals surface area contributed by atoms with E-state index in [9.17, 15) is 14.7 Å². The molecule has 0 radical (unpaired) electrons. The predicted octanol–water partition coefficient (Wildman–Crippen LogP) is 7.67. The number of halogens is 1. The van der Waals surface area contributed by atoms with Gasteiger partial charge >= 0.3 is 6.03 Å². The normalized spacial score (nSPS) is 11.4. The SMILES string of the molecule is CSc1ccccc1Cn1c(C)cc(OCc2ccccc2CNC(=O)Nc2cc(C(C)(C)C)nn2-c2ccc(O)cc2)c(Cl)c1=O. The van der Waals surface area contributed by atoms with Crippen molar-refractivity contribution in [1.29, 1.82) is 0 Å². The number of ether oxygens (including phenoxy) is 1. The van der Waals surface area contributed by atoms with E-state index in [-0.39, 0.29) is 34.9 Å². The lowest BCUT2D eigenvalue weighted by molar-refractivity contribution is 0.251. The molecule has 2 heterocycles. The Morgan fingerprint density at radius 2 is 1.64 bits per heavy atom. The van der Waals surface area contributed by atoms with Crippen molar-refractivity contribution in [3.05, 3.63) is 128 Å². The van der Waals surface area contributed by atoms with Crippen molar-refractivity contribution in [3.63, 3.8) is 0 Å². The number of benzene rings is 3. The summed E-state index contributed by atoms with van der Waals surface area (Å²) in [6.45, 7) is 8.79. The largest absolute Gasteiger partial charge is 0.508 e. The smallest absolute Gasteiger partial charge is 0.320 e. The van der Waals surface area contributed by atoms with Crippen LogP contribution in [0.1, 0.15) is 48.8 Å². The van der Waals surface area contributed by atoms with Gasteiger partial charge in [-0.2, -0.15) is 5.10 Å².